The van der Waals surface area contributed by atoms with Crippen LogP contribution in [0.3, 0.4) is 0 Å². The molecule has 0 heterocycles. The molecule has 0 radical (unpaired) electrons. The number of hydrazine groups is 1. The van der Waals surface area contributed by atoms with E-state index in [1.807, 2.05) is 67.6 Å². The quantitative estimate of drug-likeness (QED) is 0.432. The molecular formula is C25H24N2O4. The van der Waals surface area contributed by atoms with E-state index in [1.165, 1.54) is 0 Å². The van der Waals surface area contributed by atoms with Crippen LogP contribution in [0.1, 0.15) is 28.8 Å². The van der Waals surface area contributed by atoms with Crippen LogP contribution in [0, 0.1) is 6.92 Å². The van der Waals surface area contributed by atoms with Gasteiger partial charge in [-0.3, -0.25) is 25.2 Å². The molecule has 3 rings (SSSR count). The van der Waals surface area contributed by atoms with Crippen molar-refractivity contribution in [1.29, 1.82) is 0 Å². The molecule has 3 aromatic carbocycles. The largest absolute Gasteiger partial charge is 0.483 e. The first-order chi connectivity index (χ1) is 15.0. The molecule has 2 amide bonds. The van der Waals surface area contributed by atoms with E-state index in [2.05, 4.69) is 10.9 Å². The number of para-hydroxylation sites is 1. The first kappa shape index (κ1) is 21.8. The Kier molecular flexibility index (Phi) is 7.54. The van der Waals surface area contributed by atoms with Gasteiger partial charge in [-0.25, -0.2) is 0 Å². The highest BCUT2D eigenvalue weighted by atomic mass is 16.5. The molecule has 31 heavy (non-hydrogen) atoms. The molecule has 0 fully saturated rings. The van der Waals surface area contributed by atoms with Gasteiger partial charge in [-0.05, 0) is 18.6 Å². The molecule has 0 aliphatic rings. The van der Waals surface area contributed by atoms with Crippen molar-refractivity contribution in [3.63, 3.8) is 0 Å². The predicted molar refractivity (Wildman–Crippen MR) is 118 cm³/mol. The van der Waals surface area contributed by atoms with Crippen molar-refractivity contribution in [3.05, 3.63) is 90.0 Å². The lowest BCUT2D eigenvalue weighted by Gasteiger charge is -2.12. The van der Waals surface area contributed by atoms with E-state index in [0.29, 0.717) is 11.3 Å². The molecule has 0 bridgehead atoms. The van der Waals surface area contributed by atoms with E-state index < -0.39 is 11.8 Å². The summed E-state index contributed by atoms with van der Waals surface area (Å²) in [5, 5.41) is 0. The van der Waals surface area contributed by atoms with Gasteiger partial charge in [0.05, 0.1) is 0 Å². The van der Waals surface area contributed by atoms with Gasteiger partial charge in [-0.1, -0.05) is 78.4 Å². The second-order valence-electron chi connectivity index (χ2n) is 7.04. The molecule has 0 saturated heterocycles. The Hall–Kier alpha value is -3.93. The maximum atomic E-state index is 12.1. The van der Waals surface area contributed by atoms with Crippen molar-refractivity contribution in [2.75, 3.05) is 6.61 Å². The van der Waals surface area contributed by atoms with E-state index in [1.54, 1.807) is 18.2 Å². The zero-order chi connectivity index (χ0) is 22.1. The van der Waals surface area contributed by atoms with Gasteiger partial charge in [0, 0.05) is 24.0 Å². The topological polar surface area (TPSA) is 84.5 Å². The summed E-state index contributed by atoms with van der Waals surface area (Å²) < 4.78 is 5.63. The van der Waals surface area contributed by atoms with E-state index >= 15 is 0 Å². The van der Waals surface area contributed by atoms with Crippen LogP contribution in [0.4, 0.5) is 0 Å². The van der Waals surface area contributed by atoms with Gasteiger partial charge in [-0.15, -0.1) is 0 Å². The number of carbonyl (C=O) groups excluding carboxylic acids is 3. The smallest absolute Gasteiger partial charge is 0.276 e. The van der Waals surface area contributed by atoms with Crippen LogP contribution in [0.25, 0.3) is 11.1 Å². The van der Waals surface area contributed by atoms with Crippen molar-refractivity contribution < 1.29 is 19.1 Å². The van der Waals surface area contributed by atoms with Crippen LogP contribution in [0.5, 0.6) is 5.75 Å². The van der Waals surface area contributed by atoms with Crippen molar-refractivity contribution >= 4 is 17.6 Å². The minimum Gasteiger partial charge on any atom is -0.483 e. The highest BCUT2D eigenvalue weighted by molar-refractivity contribution is 5.98. The minimum absolute atomic E-state index is 0.0231. The van der Waals surface area contributed by atoms with Crippen LogP contribution in [0.2, 0.25) is 0 Å². The Bertz CT molecular complexity index is 1050. The average Bonchev–Trinajstić information content (AvgIpc) is 2.81. The van der Waals surface area contributed by atoms with Gasteiger partial charge in [0.1, 0.15) is 5.75 Å². The van der Waals surface area contributed by atoms with E-state index in [9.17, 15) is 14.4 Å². The minimum atomic E-state index is -0.499. The number of ether oxygens (including phenoxy) is 1. The maximum absolute atomic E-state index is 12.1. The lowest BCUT2D eigenvalue weighted by molar-refractivity contribution is -0.130. The maximum Gasteiger partial charge on any atom is 0.276 e. The number of amides is 2. The average molecular weight is 416 g/mol. The second kappa shape index (κ2) is 10.7. The number of ketones is 1. The van der Waals surface area contributed by atoms with Gasteiger partial charge in [-0.2, -0.15) is 0 Å². The van der Waals surface area contributed by atoms with Crippen molar-refractivity contribution in [1.82, 2.24) is 10.9 Å². The fourth-order valence-electron chi connectivity index (χ4n) is 2.94. The van der Waals surface area contributed by atoms with Gasteiger partial charge in [0.2, 0.25) is 5.91 Å². The predicted octanol–water partition coefficient (Wildman–Crippen LogP) is 3.85. The van der Waals surface area contributed by atoms with E-state index in [0.717, 1.165) is 16.7 Å². The summed E-state index contributed by atoms with van der Waals surface area (Å²) in [6.07, 6.45) is 0.0381. The molecule has 0 atom stereocenters. The Morgan fingerprint density at radius 3 is 2.13 bits per heavy atom. The SMILES string of the molecule is Cc1ccc(C(=O)CCC(=O)NNC(=O)COc2ccccc2-c2ccccc2)cc1. The van der Waals surface area contributed by atoms with Crippen LogP contribution in [-0.2, 0) is 9.59 Å². The standard InChI is InChI=1S/C25H24N2O4/c1-18-11-13-20(14-12-18)22(28)15-16-24(29)26-27-25(30)17-31-23-10-6-5-9-21(23)19-7-3-2-4-8-19/h2-14H,15-17H2,1H3,(H,26,29)(H,27,30). The monoisotopic (exact) mass is 416 g/mol. The van der Waals surface area contributed by atoms with Gasteiger partial charge < -0.3 is 4.74 Å². The summed E-state index contributed by atoms with van der Waals surface area (Å²) in [5.41, 5.74) is 8.09. The summed E-state index contributed by atoms with van der Waals surface area (Å²) in [6, 6.07) is 24.3. The number of hydrogen-bond acceptors (Lipinski definition) is 4. The summed E-state index contributed by atoms with van der Waals surface area (Å²) in [5.74, 6) is -0.499. The zero-order valence-electron chi connectivity index (χ0n) is 17.3. The molecule has 0 spiro atoms. The molecule has 158 valence electrons. The number of Topliss-reactive ketones (excluding diaryl/α,β-unsaturated/α-hetero) is 1. The van der Waals surface area contributed by atoms with Gasteiger partial charge in [0.15, 0.2) is 12.4 Å². The normalized spacial score (nSPS) is 10.2. The molecule has 3 aromatic rings. The Labute approximate surface area is 181 Å². The van der Waals surface area contributed by atoms with Crippen LogP contribution in [0.15, 0.2) is 78.9 Å². The number of rotatable bonds is 8. The summed E-state index contributed by atoms with van der Waals surface area (Å²) >= 11 is 0. The third-order valence-corrected chi connectivity index (χ3v) is 4.62. The highest BCUT2D eigenvalue weighted by Crippen LogP contribution is 2.29. The third-order valence-electron chi connectivity index (χ3n) is 4.62. The summed E-state index contributed by atoms with van der Waals surface area (Å²) in [4.78, 5) is 36.1. The van der Waals surface area contributed by atoms with Crippen molar-refractivity contribution in [3.8, 4) is 16.9 Å². The highest BCUT2D eigenvalue weighted by Gasteiger charge is 2.11. The van der Waals surface area contributed by atoms with Crippen LogP contribution < -0.4 is 15.6 Å². The van der Waals surface area contributed by atoms with Gasteiger partial charge in [0.25, 0.3) is 5.91 Å². The van der Waals surface area contributed by atoms with Gasteiger partial charge >= 0.3 is 0 Å². The molecule has 0 unspecified atom stereocenters. The van der Waals surface area contributed by atoms with Crippen LogP contribution >= 0.6 is 0 Å². The molecule has 6 heteroatoms. The summed E-state index contributed by atoms with van der Waals surface area (Å²) in [7, 11) is 0. The molecule has 0 aliphatic carbocycles. The fourth-order valence-corrected chi connectivity index (χ4v) is 2.94. The third kappa shape index (κ3) is 6.54. The fraction of sp³-hybridized carbons (Fsp3) is 0.160. The Balaban J connectivity index is 1.43. The van der Waals surface area contributed by atoms with Crippen molar-refractivity contribution in [2.24, 2.45) is 0 Å². The van der Waals surface area contributed by atoms with Crippen molar-refractivity contribution in [2.45, 2.75) is 19.8 Å². The molecule has 2 N–H and O–H groups in total. The molecule has 0 aromatic heterocycles. The number of benzene rings is 3. The molecule has 0 aliphatic heterocycles. The lowest BCUT2D eigenvalue weighted by Crippen LogP contribution is -2.43. The number of carbonyl (C=O) groups is 3. The van der Waals surface area contributed by atoms with E-state index in [4.69, 9.17) is 4.74 Å². The zero-order valence-corrected chi connectivity index (χ0v) is 17.3. The van der Waals surface area contributed by atoms with Crippen LogP contribution in [-0.4, -0.2) is 24.2 Å². The Morgan fingerprint density at radius 1 is 0.742 bits per heavy atom. The summed E-state index contributed by atoms with van der Waals surface area (Å²) in [6.45, 7) is 1.68. The number of nitrogens with one attached hydrogen (secondary N) is 2. The molecule has 0 saturated carbocycles. The lowest BCUT2D eigenvalue weighted by atomic mass is 10.1. The molecular weight excluding hydrogens is 392 g/mol. The number of hydrogen-bond donors (Lipinski definition) is 2. The molecule has 6 nitrogen and oxygen atoms in total. The first-order valence-electron chi connectivity index (χ1n) is 9.98. The second-order valence-corrected chi connectivity index (χ2v) is 7.04. The van der Waals surface area contributed by atoms with E-state index in [-0.39, 0.29) is 25.2 Å². The first-order valence-corrected chi connectivity index (χ1v) is 9.98. The Morgan fingerprint density at radius 2 is 1.39 bits per heavy atom. The number of aryl methyl sites for hydroxylation is 1.